The minimum atomic E-state index is -0.240. The Hall–Kier alpha value is -2.83. The van der Waals surface area contributed by atoms with Crippen LogP contribution in [0.5, 0.6) is 11.5 Å². The third-order valence-electron chi connectivity index (χ3n) is 3.37. The summed E-state index contributed by atoms with van der Waals surface area (Å²) in [5, 5.41) is 2.86. The number of benzene rings is 1. The molecule has 7 nitrogen and oxygen atoms in total. The molecule has 1 amide bonds. The first-order chi connectivity index (χ1) is 11.0. The van der Waals surface area contributed by atoms with Crippen molar-refractivity contribution in [1.29, 1.82) is 0 Å². The maximum absolute atomic E-state index is 12.3. The second-order valence-corrected chi connectivity index (χ2v) is 5.46. The van der Waals surface area contributed by atoms with Crippen LogP contribution < -0.4 is 19.7 Å². The van der Waals surface area contributed by atoms with E-state index in [9.17, 15) is 4.79 Å². The summed E-state index contributed by atoms with van der Waals surface area (Å²) in [7, 11) is 3.67. The molecule has 23 heavy (non-hydrogen) atoms. The van der Waals surface area contributed by atoms with Gasteiger partial charge in [-0.3, -0.25) is 4.79 Å². The second-order valence-electron chi connectivity index (χ2n) is 5.46. The maximum atomic E-state index is 12.3. The molecule has 1 aromatic carbocycles. The van der Waals surface area contributed by atoms with Gasteiger partial charge in [0.15, 0.2) is 11.5 Å². The lowest BCUT2D eigenvalue weighted by Crippen LogP contribution is -2.25. The number of hydrogen-bond acceptors (Lipinski definition) is 6. The number of fused-ring (bicyclic) bond motifs is 1. The van der Waals surface area contributed by atoms with Gasteiger partial charge in [-0.25, -0.2) is 9.97 Å². The van der Waals surface area contributed by atoms with Gasteiger partial charge in [-0.05, 0) is 30.7 Å². The Morgan fingerprint density at radius 3 is 2.78 bits per heavy atom. The molecule has 2 aromatic rings. The molecular weight excluding hydrogens is 296 g/mol. The van der Waals surface area contributed by atoms with Crippen molar-refractivity contribution in [2.45, 2.75) is 13.5 Å². The molecule has 0 spiro atoms. The minimum Gasteiger partial charge on any atom is -0.454 e. The Morgan fingerprint density at radius 2 is 2.00 bits per heavy atom. The number of aromatic nitrogens is 2. The number of amides is 1. The van der Waals surface area contributed by atoms with E-state index in [0.29, 0.717) is 23.9 Å². The van der Waals surface area contributed by atoms with Crippen LogP contribution in [0.2, 0.25) is 0 Å². The van der Waals surface area contributed by atoms with Gasteiger partial charge in [0.2, 0.25) is 12.7 Å². The van der Waals surface area contributed by atoms with E-state index in [0.717, 1.165) is 17.0 Å². The molecule has 0 atom stereocenters. The normalized spacial score (nSPS) is 12.1. The zero-order chi connectivity index (χ0) is 16.4. The first kappa shape index (κ1) is 15.1. The predicted octanol–water partition coefficient (Wildman–Crippen LogP) is 1.51. The van der Waals surface area contributed by atoms with Crippen molar-refractivity contribution in [1.82, 2.24) is 15.3 Å². The SMILES string of the molecule is Cc1cc(C(=O)NCc2ccc3c(c2)OCO3)nc(N(C)C)n1. The van der Waals surface area contributed by atoms with Crippen molar-refractivity contribution in [2.24, 2.45) is 0 Å². The van der Waals surface area contributed by atoms with Crippen molar-refractivity contribution < 1.29 is 14.3 Å². The number of carbonyl (C=O) groups excluding carboxylic acids is 1. The van der Waals surface area contributed by atoms with E-state index in [4.69, 9.17) is 9.47 Å². The topological polar surface area (TPSA) is 76.6 Å². The van der Waals surface area contributed by atoms with Crippen LogP contribution in [0, 0.1) is 6.92 Å². The molecule has 3 rings (SSSR count). The fourth-order valence-corrected chi connectivity index (χ4v) is 2.19. The Bertz CT molecular complexity index is 746. The van der Waals surface area contributed by atoms with Crippen LogP contribution in [-0.4, -0.2) is 36.8 Å². The van der Waals surface area contributed by atoms with Gasteiger partial charge in [0.1, 0.15) is 5.69 Å². The van der Waals surface area contributed by atoms with E-state index in [1.165, 1.54) is 0 Å². The summed E-state index contributed by atoms with van der Waals surface area (Å²) in [6.45, 7) is 2.46. The van der Waals surface area contributed by atoms with E-state index < -0.39 is 0 Å². The number of hydrogen-bond donors (Lipinski definition) is 1. The smallest absolute Gasteiger partial charge is 0.270 e. The molecule has 1 aromatic heterocycles. The summed E-state index contributed by atoms with van der Waals surface area (Å²) < 4.78 is 10.6. The zero-order valence-electron chi connectivity index (χ0n) is 13.3. The molecule has 7 heteroatoms. The van der Waals surface area contributed by atoms with E-state index in [1.54, 1.807) is 11.0 Å². The van der Waals surface area contributed by atoms with Crippen LogP contribution in [0.4, 0.5) is 5.95 Å². The summed E-state index contributed by atoms with van der Waals surface area (Å²) >= 11 is 0. The fraction of sp³-hybridized carbons (Fsp3) is 0.312. The Kier molecular flexibility index (Phi) is 4.01. The zero-order valence-corrected chi connectivity index (χ0v) is 13.3. The molecule has 1 aliphatic rings. The minimum absolute atomic E-state index is 0.235. The van der Waals surface area contributed by atoms with E-state index >= 15 is 0 Å². The highest BCUT2D eigenvalue weighted by molar-refractivity contribution is 5.92. The van der Waals surface area contributed by atoms with Crippen LogP contribution >= 0.6 is 0 Å². The molecular formula is C16H18N4O3. The lowest BCUT2D eigenvalue weighted by atomic mass is 10.2. The molecule has 0 aliphatic carbocycles. The first-order valence-corrected chi connectivity index (χ1v) is 7.22. The summed E-state index contributed by atoms with van der Waals surface area (Å²) in [6, 6.07) is 7.26. The molecule has 1 aliphatic heterocycles. The monoisotopic (exact) mass is 314 g/mol. The van der Waals surface area contributed by atoms with E-state index in [2.05, 4.69) is 15.3 Å². The van der Waals surface area contributed by atoms with Gasteiger partial charge in [-0.2, -0.15) is 0 Å². The molecule has 0 saturated carbocycles. The number of ether oxygens (including phenoxy) is 2. The lowest BCUT2D eigenvalue weighted by molar-refractivity contribution is 0.0945. The Labute approximate surface area is 134 Å². The number of rotatable bonds is 4. The fourth-order valence-electron chi connectivity index (χ4n) is 2.19. The summed E-state index contributed by atoms with van der Waals surface area (Å²) in [5.74, 6) is 1.70. The van der Waals surface area contributed by atoms with E-state index in [1.807, 2.05) is 39.2 Å². The second kappa shape index (κ2) is 6.12. The van der Waals surface area contributed by atoms with Crippen LogP contribution in [0.25, 0.3) is 0 Å². The number of anilines is 1. The van der Waals surface area contributed by atoms with Gasteiger partial charge in [-0.1, -0.05) is 6.07 Å². The highest BCUT2D eigenvalue weighted by atomic mass is 16.7. The molecule has 120 valence electrons. The summed E-state index contributed by atoms with van der Waals surface area (Å²) in [5.41, 5.74) is 2.03. The van der Waals surface area contributed by atoms with Gasteiger partial charge < -0.3 is 19.7 Å². The summed E-state index contributed by atoms with van der Waals surface area (Å²) in [4.78, 5) is 22.6. The van der Waals surface area contributed by atoms with Gasteiger partial charge >= 0.3 is 0 Å². The molecule has 2 heterocycles. The van der Waals surface area contributed by atoms with Crippen molar-refractivity contribution in [3.05, 3.63) is 41.2 Å². The van der Waals surface area contributed by atoms with Gasteiger partial charge in [0.25, 0.3) is 5.91 Å². The maximum Gasteiger partial charge on any atom is 0.270 e. The summed E-state index contributed by atoms with van der Waals surface area (Å²) in [6.07, 6.45) is 0. The average Bonchev–Trinajstić information content (AvgIpc) is 2.99. The molecule has 0 saturated heterocycles. The predicted molar refractivity (Wildman–Crippen MR) is 84.8 cm³/mol. The van der Waals surface area contributed by atoms with Crippen LogP contribution in [-0.2, 0) is 6.54 Å². The number of nitrogens with zero attached hydrogens (tertiary/aromatic N) is 3. The van der Waals surface area contributed by atoms with Gasteiger partial charge in [-0.15, -0.1) is 0 Å². The highest BCUT2D eigenvalue weighted by Gasteiger charge is 2.15. The van der Waals surface area contributed by atoms with Crippen molar-refractivity contribution in [3.63, 3.8) is 0 Å². The quantitative estimate of drug-likeness (QED) is 0.922. The van der Waals surface area contributed by atoms with Crippen LogP contribution in [0.1, 0.15) is 21.7 Å². The third-order valence-corrected chi connectivity index (χ3v) is 3.37. The largest absolute Gasteiger partial charge is 0.454 e. The Balaban J connectivity index is 1.70. The van der Waals surface area contributed by atoms with Crippen molar-refractivity contribution >= 4 is 11.9 Å². The number of aryl methyl sites for hydroxylation is 1. The molecule has 0 fully saturated rings. The lowest BCUT2D eigenvalue weighted by Gasteiger charge is -2.12. The van der Waals surface area contributed by atoms with Gasteiger partial charge in [0, 0.05) is 26.3 Å². The van der Waals surface area contributed by atoms with Crippen molar-refractivity contribution in [2.75, 3.05) is 25.8 Å². The molecule has 0 radical (unpaired) electrons. The highest BCUT2D eigenvalue weighted by Crippen LogP contribution is 2.32. The average molecular weight is 314 g/mol. The first-order valence-electron chi connectivity index (χ1n) is 7.22. The number of carbonyl (C=O) groups is 1. The van der Waals surface area contributed by atoms with Crippen molar-refractivity contribution in [3.8, 4) is 11.5 Å². The standard InChI is InChI=1S/C16H18N4O3/c1-10-6-12(19-16(18-10)20(2)3)15(21)17-8-11-4-5-13-14(7-11)23-9-22-13/h4-7H,8-9H2,1-3H3,(H,17,21). The van der Waals surface area contributed by atoms with Crippen LogP contribution in [0.15, 0.2) is 24.3 Å². The molecule has 0 unspecified atom stereocenters. The van der Waals surface area contributed by atoms with Gasteiger partial charge in [0.05, 0.1) is 0 Å². The van der Waals surface area contributed by atoms with E-state index in [-0.39, 0.29) is 12.7 Å². The number of nitrogens with one attached hydrogen (secondary N) is 1. The molecule has 1 N–H and O–H groups in total. The third kappa shape index (κ3) is 3.33. The molecule has 0 bridgehead atoms. The van der Waals surface area contributed by atoms with Crippen LogP contribution in [0.3, 0.4) is 0 Å². The Morgan fingerprint density at radius 1 is 1.22 bits per heavy atom.